The molecule has 21 heavy (non-hydrogen) atoms. The maximum Gasteiger partial charge on any atom is 0.429 e. The maximum atomic E-state index is 12.1. The predicted octanol–water partition coefficient (Wildman–Crippen LogP) is 3.44. The molecule has 0 heterocycles. The largest absolute Gasteiger partial charge is 0.451 e. The number of rotatable bonds is 4. The Balaban J connectivity index is 2.50. The minimum atomic E-state index is -0.513. The van der Waals surface area contributed by atoms with E-state index in [0.29, 0.717) is 0 Å². The van der Waals surface area contributed by atoms with Gasteiger partial charge in [0.1, 0.15) is 6.54 Å². The maximum absolute atomic E-state index is 12.1. The van der Waals surface area contributed by atoms with Crippen molar-refractivity contribution >= 4 is 17.5 Å². The van der Waals surface area contributed by atoms with Crippen molar-refractivity contribution in [2.45, 2.75) is 0 Å². The zero-order valence-electron chi connectivity index (χ0n) is 11.8. The Labute approximate surface area is 124 Å². The summed E-state index contributed by atoms with van der Waals surface area (Å²) in [4.78, 5) is 12.1. The second kappa shape index (κ2) is 7.01. The second-order valence-corrected chi connectivity index (χ2v) is 4.21. The van der Waals surface area contributed by atoms with E-state index in [4.69, 9.17) is 11.2 Å². The van der Waals surface area contributed by atoms with Crippen LogP contribution in [0.15, 0.2) is 60.7 Å². The fourth-order valence-electron chi connectivity index (χ4n) is 1.97. The van der Waals surface area contributed by atoms with Crippen molar-refractivity contribution in [2.75, 3.05) is 18.7 Å². The van der Waals surface area contributed by atoms with Gasteiger partial charge in [0.05, 0.1) is 18.5 Å². The zero-order chi connectivity index (χ0) is 15.1. The average molecular weight is 280 g/mol. The number of hydrogen-bond donors (Lipinski definition) is 0. The molecule has 0 atom stereocenters. The molecule has 0 aliphatic carbocycles. The molecule has 1 amide bonds. The van der Waals surface area contributed by atoms with E-state index in [1.54, 1.807) is 5.01 Å². The van der Waals surface area contributed by atoms with Crippen LogP contribution in [-0.4, -0.2) is 24.8 Å². The van der Waals surface area contributed by atoms with Crippen molar-refractivity contribution in [3.8, 4) is 12.3 Å². The molecule has 0 aliphatic heterocycles. The first-order valence-corrected chi connectivity index (χ1v) is 6.47. The number of hydrazine groups is 1. The fourth-order valence-corrected chi connectivity index (χ4v) is 1.97. The lowest BCUT2D eigenvalue weighted by molar-refractivity contribution is 0.129. The Hall–Kier alpha value is -2.93. The van der Waals surface area contributed by atoms with Gasteiger partial charge in [-0.1, -0.05) is 42.3 Å². The van der Waals surface area contributed by atoms with Gasteiger partial charge in [-0.3, -0.25) is 0 Å². The third-order valence-corrected chi connectivity index (χ3v) is 2.87. The summed E-state index contributed by atoms with van der Waals surface area (Å²) >= 11 is 0. The van der Waals surface area contributed by atoms with Crippen LogP contribution in [0.4, 0.5) is 16.2 Å². The molecular weight excluding hydrogens is 264 g/mol. The smallest absolute Gasteiger partial charge is 0.429 e. The highest BCUT2D eigenvalue weighted by molar-refractivity contribution is 5.75. The minimum Gasteiger partial charge on any atom is -0.451 e. The number of terminal acetylenes is 1. The fraction of sp³-hybridized carbons (Fsp3) is 0.118. The van der Waals surface area contributed by atoms with Crippen LogP contribution in [0.5, 0.6) is 0 Å². The molecule has 4 nitrogen and oxygen atoms in total. The second-order valence-electron chi connectivity index (χ2n) is 4.21. The molecule has 0 aromatic heterocycles. The summed E-state index contributed by atoms with van der Waals surface area (Å²) < 4.78 is 4.84. The highest BCUT2D eigenvalue weighted by Crippen LogP contribution is 2.27. The topological polar surface area (TPSA) is 32.8 Å². The van der Waals surface area contributed by atoms with E-state index < -0.39 is 6.09 Å². The lowest BCUT2D eigenvalue weighted by Crippen LogP contribution is -2.44. The number of anilines is 2. The van der Waals surface area contributed by atoms with E-state index >= 15 is 0 Å². The molecule has 0 unspecified atom stereocenters. The standard InChI is InChI=1S/C17H16N2O2/c1-3-14-18(17(20)21-2)19(15-10-6-4-7-11-15)16-12-8-5-9-13-16/h1,4-13H,14H2,2H3. The first-order valence-electron chi connectivity index (χ1n) is 6.47. The third kappa shape index (κ3) is 3.34. The molecular formula is C17H16N2O2. The molecule has 0 fully saturated rings. The molecule has 2 aromatic rings. The molecule has 2 aromatic carbocycles. The van der Waals surface area contributed by atoms with Crippen molar-refractivity contribution in [1.29, 1.82) is 0 Å². The monoisotopic (exact) mass is 280 g/mol. The van der Waals surface area contributed by atoms with Crippen molar-refractivity contribution in [3.05, 3.63) is 60.7 Å². The first-order chi connectivity index (χ1) is 10.3. The first kappa shape index (κ1) is 14.5. The number of carbonyl (C=O) groups excluding carboxylic acids is 1. The Morgan fingerprint density at radius 3 is 1.90 bits per heavy atom. The van der Waals surface area contributed by atoms with Gasteiger partial charge in [-0.05, 0) is 24.3 Å². The van der Waals surface area contributed by atoms with Gasteiger partial charge in [-0.2, -0.15) is 0 Å². The SMILES string of the molecule is C#CCN(C(=O)OC)N(c1ccccc1)c1ccccc1. The Bertz CT molecular complexity index is 581. The third-order valence-electron chi connectivity index (χ3n) is 2.87. The van der Waals surface area contributed by atoms with Crippen molar-refractivity contribution in [1.82, 2.24) is 5.01 Å². The van der Waals surface area contributed by atoms with E-state index in [9.17, 15) is 4.79 Å². The highest BCUT2D eigenvalue weighted by atomic mass is 16.5. The molecule has 0 radical (unpaired) electrons. The lowest BCUT2D eigenvalue weighted by atomic mass is 10.2. The van der Waals surface area contributed by atoms with Gasteiger partial charge in [0.15, 0.2) is 0 Å². The molecule has 0 aliphatic rings. The van der Waals surface area contributed by atoms with Crippen LogP contribution < -0.4 is 5.01 Å². The number of amides is 1. The summed E-state index contributed by atoms with van der Waals surface area (Å²) in [5, 5.41) is 3.12. The summed E-state index contributed by atoms with van der Waals surface area (Å²) in [6.45, 7) is 0.108. The summed E-state index contributed by atoms with van der Waals surface area (Å²) in [7, 11) is 1.33. The van der Waals surface area contributed by atoms with Gasteiger partial charge in [-0.25, -0.2) is 14.8 Å². The molecule has 0 N–H and O–H groups in total. The van der Waals surface area contributed by atoms with Gasteiger partial charge in [0.25, 0.3) is 0 Å². The van der Waals surface area contributed by atoms with Gasteiger partial charge >= 0.3 is 6.09 Å². The van der Waals surface area contributed by atoms with Crippen LogP contribution >= 0.6 is 0 Å². The number of ether oxygens (including phenoxy) is 1. The average Bonchev–Trinajstić information content (AvgIpc) is 2.55. The quantitative estimate of drug-likeness (QED) is 0.635. The highest BCUT2D eigenvalue weighted by Gasteiger charge is 2.23. The molecule has 0 saturated heterocycles. The molecule has 2 rings (SSSR count). The minimum absolute atomic E-state index is 0.108. The molecule has 0 spiro atoms. The Morgan fingerprint density at radius 2 is 1.52 bits per heavy atom. The number of methoxy groups -OCH3 is 1. The van der Waals surface area contributed by atoms with Crippen LogP contribution in [0.2, 0.25) is 0 Å². The van der Waals surface area contributed by atoms with E-state index in [1.807, 2.05) is 60.7 Å². The van der Waals surface area contributed by atoms with Gasteiger partial charge < -0.3 is 4.74 Å². The summed E-state index contributed by atoms with van der Waals surface area (Å²) in [5.74, 6) is 2.49. The Kier molecular flexibility index (Phi) is 4.84. The number of nitrogens with zero attached hydrogens (tertiary/aromatic N) is 2. The predicted molar refractivity (Wildman–Crippen MR) is 83.0 cm³/mol. The Morgan fingerprint density at radius 1 is 1.05 bits per heavy atom. The summed E-state index contributed by atoms with van der Waals surface area (Å²) in [5.41, 5.74) is 1.65. The van der Waals surface area contributed by atoms with Crippen molar-refractivity contribution in [2.24, 2.45) is 0 Å². The van der Waals surface area contributed by atoms with Crippen LogP contribution in [0, 0.1) is 12.3 Å². The van der Waals surface area contributed by atoms with Crippen LogP contribution in [0.25, 0.3) is 0 Å². The number of benzene rings is 2. The number of para-hydroxylation sites is 2. The normalized spacial score (nSPS) is 9.52. The van der Waals surface area contributed by atoms with Crippen molar-refractivity contribution in [3.63, 3.8) is 0 Å². The lowest BCUT2D eigenvalue weighted by Gasteiger charge is -2.34. The summed E-state index contributed by atoms with van der Waals surface area (Å²) in [6.07, 6.45) is 4.88. The van der Waals surface area contributed by atoms with Crippen molar-refractivity contribution < 1.29 is 9.53 Å². The van der Waals surface area contributed by atoms with Gasteiger partial charge in [0.2, 0.25) is 0 Å². The zero-order valence-corrected chi connectivity index (χ0v) is 11.8. The van der Waals surface area contributed by atoms with E-state index in [2.05, 4.69) is 5.92 Å². The van der Waals surface area contributed by atoms with E-state index in [0.717, 1.165) is 11.4 Å². The van der Waals surface area contributed by atoms with E-state index in [-0.39, 0.29) is 6.54 Å². The van der Waals surface area contributed by atoms with E-state index in [1.165, 1.54) is 12.1 Å². The van der Waals surface area contributed by atoms with Crippen LogP contribution in [-0.2, 0) is 4.74 Å². The summed E-state index contributed by atoms with van der Waals surface area (Å²) in [6, 6.07) is 19.0. The molecule has 4 heteroatoms. The number of hydrogen-bond acceptors (Lipinski definition) is 3. The van der Waals surface area contributed by atoms with Crippen LogP contribution in [0.1, 0.15) is 0 Å². The van der Waals surface area contributed by atoms with Gasteiger partial charge in [0, 0.05) is 0 Å². The number of carbonyl (C=O) groups is 1. The van der Waals surface area contributed by atoms with Crippen LogP contribution in [0.3, 0.4) is 0 Å². The molecule has 106 valence electrons. The molecule has 0 saturated carbocycles. The van der Waals surface area contributed by atoms with Gasteiger partial charge in [-0.15, -0.1) is 6.42 Å². The molecule has 0 bridgehead atoms.